The summed E-state index contributed by atoms with van der Waals surface area (Å²) in [5.41, 5.74) is 7.91. The Labute approximate surface area is 114 Å². The van der Waals surface area contributed by atoms with Crippen molar-refractivity contribution in [3.8, 4) is 5.75 Å². The molecule has 104 valence electrons. The fourth-order valence-electron chi connectivity index (χ4n) is 2.27. The Morgan fingerprint density at radius 2 is 2.32 bits per heavy atom. The number of carbonyl (C=O) groups excluding carboxylic acids is 1. The standard InChI is InChI=1S/C15H22N2O2/c16-8-1-4-15(18)17-9-7-12-5-6-14-13(11-12)3-2-10-19-14/h5-6,11H,1-4,7-10,16H2,(H,17,18). The van der Waals surface area contributed by atoms with Crippen molar-refractivity contribution in [2.45, 2.75) is 32.1 Å². The molecule has 1 heterocycles. The van der Waals surface area contributed by atoms with Crippen LogP contribution in [-0.2, 0) is 17.6 Å². The summed E-state index contributed by atoms with van der Waals surface area (Å²) in [6.45, 7) is 2.07. The number of fused-ring (bicyclic) bond motifs is 1. The molecule has 4 heteroatoms. The van der Waals surface area contributed by atoms with Crippen LogP contribution < -0.4 is 15.8 Å². The van der Waals surface area contributed by atoms with E-state index >= 15 is 0 Å². The molecule has 0 atom stereocenters. The largest absolute Gasteiger partial charge is 0.493 e. The molecule has 0 unspecified atom stereocenters. The van der Waals surface area contributed by atoms with Gasteiger partial charge in [-0.05, 0) is 49.4 Å². The number of aryl methyl sites for hydroxylation is 1. The van der Waals surface area contributed by atoms with Crippen molar-refractivity contribution in [1.82, 2.24) is 5.32 Å². The second kappa shape index (κ2) is 7.14. The van der Waals surface area contributed by atoms with Gasteiger partial charge in [-0.15, -0.1) is 0 Å². The molecule has 0 saturated heterocycles. The van der Waals surface area contributed by atoms with E-state index in [2.05, 4.69) is 17.4 Å². The zero-order valence-corrected chi connectivity index (χ0v) is 11.3. The smallest absolute Gasteiger partial charge is 0.220 e. The van der Waals surface area contributed by atoms with Gasteiger partial charge in [-0.1, -0.05) is 12.1 Å². The van der Waals surface area contributed by atoms with E-state index in [1.165, 1.54) is 11.1 Å². The molecule has 1 aliphatic heterocycles. The molecule has 0 fully saturated rings. The predicted molar refractivity (Wildman–Crippen MR) is 75.3 cm³/mol. The number of nitrogens with two attached hydrogens (primary N) is 1. The van der Waals surface area contributed by atoms with Gasteiger partial charge in [-0.25, -0.2) is 0 Å². The average Bonchev–Trinajstić information content (AvgIpc) is 2.45. The lowest BCUT2D eigenvalue weighted by atomic mass is 10.0. The number of amides is 1. The number of benzene rings is 1. The topological polar surface area (TPSA) is 64.4 Å². The van der Waals surface area contributed by atoms with Crippen LogP contribution in [0.15, 0.2) is 18.2 Å². The van der Waals surface area contributed by atoms with E-state index in [1.807, 2.05) is 6.07 Å². The van der Waals surface area contributed by atoms with Crippen molar-refractivity contribution in [3.63, 3.8) is 0 Å². The molecule has 1 amide bonds. The predicted octanol–water partition coefficient (Wildman–Crippen LogP) is 1.41. The first kappa shape index (κ1) is 13.9. The molecule has 19 heavy (non-hydrogen) atoms. The molecule has 0 saturated carbocycles. The Morgan fingerprint density at radius 3 is 3.16 bits per heavy atom. The third-order valence-corrected chi connectivity index (χ3v) is 3.32. The normalized spacial score (nSPS) is 13.5. The number of hydrogen-bond donors (Lipinski definition) is 2. The van der Waals surface area contributed by atoms with Gasteiger partial charge in [0.25, 0.3) is 0 Å². The van der Waals surface area contributed by atoms with E-state index in [1.54, 1.807) is 0 Å². The monoisotopic (exact) mass is 262 g/mol. The summed E-state index contributed by atoms with van der Waals surface area (Å²) < 4.78 is 5.58. The Hall–Kier alpha value is -1.55. The molecule has 0 aromatic heterocycles. The SMILES string of the molecule is NCCCC(=O)NCCc1ccc2c(c1)CCCO2. The van der Waals surface area contributed by atoms with Gasteiger partial charge < -0.3 is 15.8 Å². The second-order valence-corrected chi connectivity index (χ2v) is 4.89. The van der Waals surface area contributed by atoms with Crippen LogP contribution in [0.2, 0.25) is 0 Å². The van der Waals surface area contributed by atoms with Gasteiger partial charge in [0.2, 0.25) is 5.91 Å². The number of rotatable bonds is 6. The zero-order valence-electron chi connectivity index (χ0n) is 11.3. The number of ether oxygens (including phenoxy) is 1. The van der Waals surface area contributed by atoms with E-state index in [0.717, 1.165) is 38.0 Å². The van der Waals surface area contributed by atoms with Crippen LogP contribution in [0, 0.1) is 0 Å². The van der Waals surface area contributed by atoms with Crippen LogP contribution in [0.3, 0.4) is 0 Å². The molecule has 2 rings (SSSR count). The Bertz CT molecular complexity index is 432. The first-order chi connectivity index (χ1) is 9.29. The molecular formula is C15H22N2O2. The van der Waals surface area contributed by atoms with E-state index < -0.39 is 0 Å². The van der Waals surface area contributed by atoms with Crippen LogP contribution in [0.25, 0.3) is 0 Å². The van der Waals surface area contributed by atoms with Crippen molar-refractivity contribution in [3.05, 3.63) is 29.3 Å². The summed E-state index contributed by atoms with van der Waals surface area (Å²) in [7, 11) is 0. The fraction of sp³-hybridized carbons (Fsp3) is 0.533. The average molecular weight is 262 g/mol. The molecule has 0 bridgehead atoms. The molecule has 0 radical (unpaired) electrons. The summed E-state index contributed by atoms with van der Waals surface area (Å²) in [5.74, 6) is 1.11. The molecule has 3 N–H and O–H groups in total. The van der Waals surface area contributed by atoms with E-state index in [0.29, 0.717) is 19.5 Å². The van der Waals surface area contributed by atoms with E-state index in [-0.39, 0.29) is 5.91 Å². The van der Waals surface area contributed by atoms with E-state index in [4.69, 9.17) is 10.5 Å². The maximum atomic E-state index is 11.4. The van der Waals surface area contributed by atoms with E-state index in [9.17, 15) is 4.79 Å². The number of hydrogen-bond acceptors (Lipinski definition) is 3. The molecule has 1 aromatic carbocycles. The van der Waals surface area contributed by atoms with Gasteiger partial charge in [0.05, 0.1) is 6.61 Å². The number of carbonyl (C=O) groups is 1. The third-order valence-electron chi connectivity index (χ3n) is 3.32. The maximum absolute atomic E-state index is 11.4. The quantitative estimate of drug-likeness (QED) is 0.814. The third kappa shape index (κ3) is 4.24. The maximum Gasteiger partial charge on any atom is 0.220 e. The highest BCUT2D eigenvalue weighted by Gasteiger charge is 2.10. The fourth-order valence-corrected chi connectivity index (χ4v) is 2.27. The lowest BCUT2D eigenvalue weighted by Crippen LogP contribution is -2.26. The minimum absolute atomic E-state index is 0.0896. The molecular weight excluding hydrogens is 240 g/mol. The van der Waals surface area contributed by atoms with Crippen molar-refractivity contribution < 1.29 is 9.53 Å². The summed E-state index contributed by atoms with van der Waals surface area (Å²) in [6.07, 6.45) is 4.32. The summed E-state index contributed by atoms with van der Waals surface area (Å²) in [4.78, 5) is 11.4. The van der Waals surface area contributed by atoms with Crippen LogP contribution in [0.1, 0.15) is 30.4 Å². The van der Waals surface area contributed by atoms with Gasteiger partial charge in [0, 0.05) is 13.0 Å². The van der Waals surface area contributed by atoms with Crippen molar-refractivity contribution >= 4 is 5.91 Å². The Balaban J connectivity index is 1.78. The second-order valence-electron chi connectivity index (χ2n) is 4.89. The van der Waals surface area contributed by atoms with Gasteiger partial charge in [0.1, 0.15) is 5.75 Å². The minimum Gasteiger partial charge on any atom is -0.493 e. The first-order valence-corrected chi connectivity index (χ1v) is 7.01. The molecule has 0 aliphatic carbocycles. The molecule has 1 aliphatic rings. The van der Waals surface area contributed by atoms with Gasteiger partial charge in [-0.2, -0.15) is 0 Å². The molecule has 4 nitrogen and oxygen atoms in total. The summed E-state index contributed by atoms with van der Waals surface area (Å²) in [5, 5.41) is 2.92. The van der Waals surface area contributed by atoms with Gasteiger partial charge in [-0.3, -0.25) is 4.79 Å². The lowest BCUT2D eigenvalue weighted by molar-refractivity contribution is -0.121. The Kier molecular flexibility index (Phi) is 5.21. The highest BCUT2D eigenvalue weighted by molar-refractivity contribution is 5.75. The van der Waals surface area contributed by atoms with Crippen LogP contribution in [-0.4, -0.2) is 25.6 Å². The lowest BCUT2D eigenvalue weighted by Gasteiger charge is -2.17. The van der Waals surface area contributed by atoms with Crippen molar-refractivity contribution in [2.75, 3.05) is 19.7 Å². The van der Waals surface area contributed by atoms with Gasteiger partial charge in [0.15, 0.2) is 0 Å². The molecule has 0 spiro atoms. The van der Waals surface area contributed by atoms with Crippen LogP contribution >= 0.6 is 0 Å². The van der Waals surface area contributed by atoms with Crippen LogP contribution in [0.5, 0.6) is 5.75 Å². The highest BCUT2D eigenvalue weighted by atomic mass is 16.5. The van der Waals surface area contributed by atoms with Crippen LogP contribution in [0.4, 0.5) is 0 Å². The minimum atomic E-state index is 0.0896. The first-order valence-electron chi connectivity index (χ1n) is 7.01. The zero-order chi connectivity index (χ0) is 13.5. The van der Waals surface area contributed by atoms with Gasteiger partial charge >= 0.3 is 0 Å². The number of nitrogens with one attached hydrogen (secondary N) is 1. The van der Waals surface area contributed by atoms with Crippen molar-refractivity contribution in [2.24, 2.45) is 5.73 Å². The molecule has 1 aromatic rings. The summed E-state index contributed by atoms with van der Waals surface area (Å²) >= 11 is 0. The van der Waals surface area contributed by atoms with Crippen molar-refractivity contribution in [1.29, 1.82) is 0 Å². The highest BCUT2D eigenvalue weighted by Crippen LogP contribution is 2.25. The summed E-state index contributed by atoms with van der Waals surface area (Å²) in [6, 6.07) is 6.32. The Morgan fingerprint density at radius 1 is 1.42 bits per heavy atom.